The van der Waals surface area contributed by atoms with Crippen molar-refractivity contribution in [2.45, 2.75) is 25.8 Å². The van der Waals surface area contributed by atoms with Gasteiger partial charge in [-0.2, -0.15) is 5.26 Å². The number of hydrogen-bond donors (Lipinski definition) is 2. The van der Waals surface area contributed by atoms with E-state index in [4.69, 9.17) is 16.9 Å². The van der Waals surface area contributed by atoms with Crippen molar-refractivity contribution in [2.75, 3.05) is 0 Å². The number of phenols is 1. The topological polar surface area (TPSA) is 73.1 Å². The van der Waals surface area contributed by atoms with Crippen molar-refractivity contribution in [3.8, 4) is 11.8 Å². The van der Waals surface area contributed by atoms with E-state index < -0.39 is 11.4 Å². The second-order valence-electron chi connectivity index (χ2n) is 3.92. The van der Waals surface area contributed by atoms with Crippen LogP contribution in [0.4, 0.5) is 0 Å². The maximum absolute atomic E-state index is 11.8. The third-order valence-corrected chi connectivity index (χ3v) is 2.86. The maximum atomic E-state index is 11.8. The number of halogens is 1. The minimum atomic E-state index is -0.901. The van der Waals surface area contributed by atoms with Gasteiger partial charge in [0, 0.05) is 5.56 Å². The molecule has 0 aliphatic rings. The molecule has 1 amide bonds. The lowest BCUT2D eigenvalue weighted by atomic mass is 10.0. The number of hydrogen-bond acceptors (Lipinski definition) is 3. The Balaban J connectivity index is 2.91. The van der Waals surface area contributed by atoms with Crippen molar-refractivity contribution in [1.82, 2.24) is 5.32 Å². The average molecular weight is 253 g/mol. The Bertz CT molecular complexity index is 482. The number of benzene rings is 1. The molecule has 0 aliphatic heterocycles. The number of nitriles is 1. The average Bonchev–Trinajstić information content (AvgIpc) is 2.32. The summed E-state index contributed by atoms with van der Waals surface area (Å²) in [5.74, 6) is -0.473. The zero-order valence-electron chi connectivity index (χ0n) is 9.62. The van der Waals surface area contributed by atoms with Crippen LogP contribution in [0.3, 0.4) is 0 Å². The minimum Gasteiger partial charge on any atom is -0.506 e. The first kappa shape index (κ1) is 13.3. The van der Waals surface area contributed by atoms with Crippen molar-refractivity contribution in [3.05, 3.63) is 28.8 Å². The summed E-state index contributed by atoms with van der Waals surface area (Å²) in [6.07, 6.45) is 0.501. The standard InChI is InChI=1S/C12H13ClN2O2/c1-3-12(2,7-14)15-11(17)8-4-5-10(16)9(13)6-8/h4-6,16H,3H2,1-2H3,(H,15,17). The van der Waals surface area contributed by atoms with Gasteiger partial charge in [0.05, 0.1) is 11.1 Å². The third kappa shape index (κ3) is 3.11. The van der Waals surface area contributed by atoms with Crippen molar-refractivity contribution in [3.63, 3.8) is 0 Å². The number of phenolic OH excluding ortho intramolecular Hbond substituents is 1. The molecule has 90 valence electrons. The summed E-state index contributed by atoms with van der Waals surface area (Å²) in [5.41, 5.74) is -0.593. The summed E-state index contributed by atoms with van der Waals surface area (Å²) in [6, 6.07) is 6.19. The van der Waals surface area contributed by atoms with Crippen molar-refractivity contribution in [1.29, 1.82) is 5.26 Å². The molecule has 2 N–H and O–H groups in total. The molecule has 0 fully saturated rings. The molecule has 1 aromatic rings. The normalized spacial score (nSPS) is 13.5. The highest BCUT2D eigenvalue weighted by Crippen LogP contribution is 2.23. The van der Waals surface area contributed by atoms with Crippen LogP contribution in [0.1, 0.15) is 30.6 Å². The third-order valence-electron chi connectivity index (χ3n) is 2.55. The van der Waals surface area contributed by atoms with E-state index in [1.807, 2.05) is 13.0 Å². The van der Waals surface area contributed by atoms with E-state index in [9.17, 15) is 9.90 Å². The molecular formula is C12H13ClN2O2. The monoisotopic (exact) mass is 252 g/mol. The van der Waals surface area contributed by atoms with E-state index in [1.165, 1.54) is 18.2 Å². The predicted octanol–water partition coefficient (Wildman–Crippen LogP) is 2.47. The lowest BCUT2D eigenvalue weighted by Gasteiger charge is -2.21. The number of rotatable bonds is 3. The van der Waals surface area contributed by atoms with Gasteiger partial charge >= 0.3 is 0 Å². The summed E-state index contributed by atoms with van der Waals surface area (Å²) in [6.45, 7) is 3.46. The molecule has 1 aromatic carbocycles. The van der Waals surface area contributed by atoms with E-state index in [2.05, 4.69) is 5.32 Å². The number of nitrogens with zero attached hydrogens (tertiary/aromatic N) is 1. The van der Waals surface area contributed by atoms with E-state index in [0.29, 0.717) is 12.0 Å². The molecule has 17 heavy (non-hydrogen) atoms. The van der Waals surface area contributed by atoms with Gasteiger partial charge in [-0.3, -0.25) is 4.79 Å². The summed E-state index contributed by atoms with van der Waals surface area (Å²) in [4.78, 5) is 11.8. The largest absolute Gasteiger partial charge is 0.506 e. The number of carbonyl (C=O) groups is 1. The van der Waals surface area contributed by atoms with Crippen molar-refractivity contribution >= 4 is 17.5 Å². The molecular weight excluding hydrogens is 240 g/mol. The van der Waals surface area contributed by atoms with Crippen LogP contribution in [-0.2, 0) is 0 Å². The van der Waals surface area contributed by atoms with Crippen molar-refractivity contribution < 1.29 is 9.90 Å². The van der Waals surface area contributed by atoms with Crippen LogP contribution >= 0.6 is 11.6 Å². The van der Waals surface area contributed by atoms with Crippen LogP contribution in [0, 0.1) is 11.3 Å². The molecule has 0 aliphatic carbocycles. The van der Waals surface area contributed by atoms with Crippen molar-refractivity contribution in [2.24, 2.45) is 0 Å². The smallest absolute Gasteiger partial charge is 0.252 e. The molecule has 1 atom stereocenters. The highest BCUT2D eigenvalue weighted by Gasteiger charge is 2.24. The first-order valence-electron chi connectivity index (χ1n) is 5.14. The van der Waals surface area contributed by atoms with E-state index in [-0.39, 0.29) is 10.8 Å². The fourth-order valence-corrected chi connectivity index (χ4v) is 1.35. The van der Waals surface area contributed by atoms with Crippen LogP contribution in [0.2, 0.25) is 5.02 Å². The molecule has 5 heteroatoms. The van der Waals surface area contributed by atoms with Crippen LogP contribution in [0.5, 0.6) is 5.75 Å². The lowest BCUT2D eigenvalue weighted by molar-refractivity contribution is 0.0923. The fraction of sp³-hybridized carbons (Fsp3) is 0.333. The summed E-state index contributed by atoms with van der Waals surface area (Å²) >= 11 is 5.70. The molecule has 0 saturated carbocycles. The van der Waals surface area contributed by atoms with E-state index in [1.54, 1.807) is 6.92 Å². The second-order valence-corrected chi connectivity index (χ2v) is 4.32. The molecule has 0 heterocycles. The molecule has 0 spiro atoms. The molecule has 0 radical (unpaired) electrons. The van der Waals surface area contributed by atoms with Gasteiger partial charge in [-0.1, -0.05) is 18.5 Å². The molecule has 4 nitrogen and oxygen atoms in total. The molecule has 0 aromatic heterocycles. The molecule has 1 unspecified atom stereocenters. The second kappa shape index (κ2) is 5.07. The molecule has 0 bridgehead atoms. The number of aromatic hydroxyl groups is 1. The number of amides is 1. The van der Waals surface area contributed by atoms with E-state index in [0.717, 1.165) is 0 Å². The number of nitrogens with one attached hydrogen (secondary N) is 1. The Morgan fingerprint density at radius 2 is 2.29 bits per heavy atom. The Kier molecular flexibility index (Phi) is 3.97. The van der Waals surface area contributed by atoms with Gasteiger partial charge in [-0.05, 0) is 31.5 Å². The zero-order chi connectivity index (χ0) is 13.1. The Hall–Kier alpha value is -1.73. The van der Waals surface area contributed by atoms with Gasteiger partial charge in [0.1, 0.15) is 11.3 Å². The molecule has 1 rings (SSSR count). The van der Waals surface area contributed by atoms with Gasteiger partial charge in [-0.15, -0.1) is 0 Å². The minimum absolute atomic E-state index is 0.0817. The maximum Gasteiger partial charge on any atom is 0.252 e. The summed E-state index contributed by atoms with van der Waals surface area (Å²) in [7, 11) is 0. The van der Waals surface area contributed by atoms with Gasteiger partial charge in [0.2, 0.25) is 0 Å². The fourth-order valence-electron chi connectivity index (χ4n) is 1.17. The Morgan fingerprint density at radius 1 is 1.65 bits per heavy atom. The lowest BCUT2D eigenvalue weighted by Crippen LogP contribution is -2.44. The zero-order valence-corrected chi connectivity index (χ0v) is 10.4. The van der Waals surface area contributed by atoms with Gasteiger partial charge in [0.25, 0.3) is 5.91 Å². The van der Waals surface area contributed by atoms with Crippen LogP contribution < -0.4 is 5.32 Å². The van der Waals surface area contributed by atoms with Crippen LogP contribution in [0.25, 0.3) is 0 Å². The predicted molar refractivity (Wildman–Crippen MR) is 64.9 cm³/mol. The van der Waals surface area contributed by atoms with Gasteiger partial charge in [-0.25, -0.2) is 0 Å². The highest BCUT2D eigenvalue weighted by molar-refractivity contribution is 6.32. The first-order chi connectivity index (χ1) is 7.91. The Labute approximate surface area is 105 Å². The van der Waals surface area contributed by atoms with Crippen LogP contribution in [0.15, 0.2) is 18.2 Å². The van der Waals surface area contributed by atoms with Gasteiger partial charge < -0.3 is 10.4 Å². The SMILES string of the molecule is CCC(C)(C#N)NC(=O)c1ccc(O)c(Cl)c1. The first-order valence-corrected chi connectivity index (χ1v) is 5.52. The van der Waals surface area contributed by atoms with E-state index >= 15 is 0 Å². The quantitative estimate of drug-likeness (QED) is 0.868. The molecule has 0 saturated heterocycles. The van der Waals surface area contributed by atoms with Gasteiger partial charge in [0.15, 0.2) is 0 Å². The Morgan fingerprint density at radius 3 is 2.76 bits per heavy atom. The summed E-state index contributed by atoms with van der Waals surface area (Å²) < 4.78 is 0. The number of carbonyl (C=O) groups excluding carboxylic acids is 1. The van der Waals surface area contributed by atoms with Crippen LogP contribution in [-0.4, -0.2) is 16.6 Å². The summed E-state index contributed by atoms with van der Waals surface area (Å²) in [5, 5.41) is 20.9. The highest BCUT2D eigenvalue weighted by atomic mass is 35.5.